The van der Waals surface area contributed by atoms with Crippen LogP contribution in [-0.2, 0) is 9.59 Å². The van der Waals surface area contributed by atoms with Gasteiger partial charge < -0.3 is 16.4 Å². The minimum absolute atomic E-state index is 0.0177. The van der Waals surface area contributed by atoms with Gasteiger partial charge in [-0.05, 0) is 19.8 Å². The van der Waals surface area contributed by atoms with Crippen molar-refractivity contribution in [1.82, 2.24) is 10.6 Å². The number of rotatable bonds is 5. The Morgan fingerprint density at radius 3 is 2.60 bits per heavy atom. The summed E-state index contributed by atoms with van der Waals surface area (Å²) in [6, 6.07) is -0.493. The molecule has 15 heavy (non-hydrogen) atoms. The number of carbonyl (C=O) groups is 2. The SMILES string of the molecule is CCCNC(=O)C(C)NC(=O)C1CC1N. The molecule has 0 aromatic heterocycles. The van der Waals surface area contributed by atoms with Crippen LogP contribution in [0.15, 0.2) is 0 Å². The molecule has 1 aliphatic rings. The highest BCUT2D eigenvalue weighted by molar-refractivity contribution is 5.89. The van der Waals surface area contributed by atoms with E-state index in [2.05, 4.69) is 10.6 Å². The summed E-state index contributed by atoms with van der Waals surface area (Å²) in [5.74, 6) is -0.340. The van der Waals surface area contributed by atoms with Crippen molar-refractivity contribution in [1.29, 1.82) is 0 Å². The monoisotopic (exact) mass is 213 g/mol. The van der Waals surface area contributed by atoms with Gasteiger partial charge in [0.2, 0.25) is 11.8 Å². The van der Waals surface area contributed by atoms with E-state index >= 15 is 0 Å². The fraction of sp³-hybridized carbons (Fsp3) is 0.800. The van der Waals surface area contributed by atoms with E-state index in [0.717, 1.165) is 12.8 Å². The van der Waals surface area contributed by atoms with Crippen molar-refractivity contribution in [2.24, 2.45) is 11.7 Å². The normalized spacial score (nSPS) is 25.5. The zero-order valence-corrected chi connectivity index (χ0v) is 9.25. The highest BCUT2D eigenvalue weighted by atomic mass is 16.2. The first-order valence-electron chi connectivity index (χ1n) is 5.40. The molecule has 1 rings (SSSR count). The average molecular weight is 213 g/mol. The smallest absolute Gasteiger partial charge is 0.242 e. The third kappa shape index (κ3) is 3.51. The molecule has 0 aliphatic heterocycles. The Labute approximate surface area is 89.8 Å². The zero-order valence-electron chi connectivity index (χ0n) is 9.25. The van der Waals surface area contributed by atoms with Crippen molar-refractivity contribution in [3.05, 3.63) is 0 Å². The first kappa shape index (κ1) is 12.0. The maximum absolute atomic E-state index is 11.4. The molecule has 5 nitrogen and oxygen atoms in total. The molecule has 5 heteroatoms. The van der Waals surface area contributed by atoms with E-state index in [-0.39, 0.29) is 23.8 Å². The molecular formula is C10H19N3O2. The van der Waals surface area contributed by atoms with Crippen LogP contribution < -0.4 is 16.4 Å². The van der Waals surface area contributed by atoms with Crippen molar-refractivity contribution in [3.63, 3.8) is 0 Å². The van der Waals surface area contributed by atoms with Gasteiger partial charge in [-0.1, -0.05) is 6.92 Å². The molecule has 0 spiro atoms. The predicted molar refractivity (Wildman–Crippen MR) is 57.0 cm³/mol. The second kappa shape index (κ2) is 5.11. The summed E-state index contributed by atoms with van der Waals surface area (Å²) < 4.78 is 0. The molecule has 1 aliphatic carbocycles. The van der Waals surface area contributed by atoms with Gasteiger partial charge in [0.25, 0.3) is 0 Å². The van der Waals surface area contributed by atoms with Crippen molar-refractivity contribution in [2.75, 3.05) is 6.54 Å². The molecule has 3 unspecified atom stereocenters. The van der Waals surface area contributed by atoms with Crippen molar-refractivity contribution >= 4 is 11.8 Å². The van der Waals surface area contributed by atoms with Crippen LogP contribution in [-0.4, -0.2) is 30.4 Å². The minimum atomic E-state index is -0.475. The number of hydrogen-bond acceptors (Lipinski definition) is 3. The van der Waals surface area contributed by atoms with Gasteiger partial charge in [0.1, 0.15) is 6.04 Å². The van der Waals surface area contributed by atoms with E-state index in [9.17, 15) is 9.59 Å². The molecular weight excluding hydrogens is 194 g/mol. The summed E-state index contributed by atoms with van der Waals surface area (Å²) in [6.07, 6.45) is 1.62. The number of nitrogens with two attached hydrogens (primary N) is 1. The molecule has 0 aromatic carbocycles. The summed E-state index contributed by atoms with van der Waals surface area (Å²) >= 11 is 0. The molecule has 0 bridgehead atoms. The highest BCUT2D eigenvalue weighted by Crippen LogP contribution is 2.27. The van der Waals surface area contributed by atoms with E-state index in [1.165, 1.54) is 0 Å². The van der Waals surface area contributed by atoms with Crippen LogP contribution >= 0.6 is 0 Å². The summed E-state index contributed by atoms with van der Waals surface area (Å²) in [7, 11) is 0. The third-order valence-electron chi connectivity index (χ3n) is 2.48. The number of nitrogens with one attached hydrogen (secondary N) is 2. The fourth-order valence-corrected chi connectivity index (χ4v) is 1.30. The van der Waals surface area contributed by atoms with Crippen LogP contribution in [0.2, 0.25) is 0 Å². The van der Waals surface area contributed by atoms with Gasteiger partial charge in [0.05, 0.1) is 5.92 Å². The Morgan fingerprint density at radius 1 is 1.53 bits per heavy atom. The van der Waals surface area contributed by atoms with Crippen molar-refractivity contribution in [2.45, 2.75) is 38.8 Å². The van der Waals surface area contributed by atoms with Crippen LogP contribution in [0.1, 0.15) is 26.7 Å². The van der Waals surface area contributed by atoms with E-state index in [0.29, 0.717) is 6.54 Å². The largest absolute Gasteiger partial charge is 0.354 e. The molecule has 0 aromatic rings. The van der Waals surface area contributed by atoms with Crippen LogP contribution in [0.5, 0.6) is 0 Å². The first-order valence-corrected chi connectivity index (χ1v) is 5.40. The first-order chi connectivity index (χ1) is 7.06. The summed E-state index contributed by atoms with van der Waals surface area (Å²) in [5, 5.41) is 5.37. The lowest BCUT2D eigenvalue weighted by molar-refractivity contribution is -0.129. The van der Waals surface area contributed by atoms with Gasteiger partial charge in [-0.3, -0.25) is 9.59 Å². The second-order valence-electron chi connectivity index (χ2n) is 4.03. The van der Waals surface area contributed by atoms with Crippen LogP contribution in [0.25, 0.3) is 0 Å². The lowest BCUT2D eigenvalue weighted by Crippen LogP contribution is -2.45. The van der Waals surface area contributed by atoms with Crippen LogP contribution in [0, 0.1) is 5.92 Å². The van der Waals surface area contributed by atoms with E-state index < -0.39 is 6.04 Å². The summed E-state index contributed by atoms with van der Waals surface area (Å²) in [4.78, 5) is 22.8. The van der Waals surface area contributed by atoms with Crippen molar-refractivity contribution < 1.29 is 9.59 Å². The highest BCUT2D eigenvalue weighted by Gasteiger charge is 2.40. The van der Waals surface area contributed by atoms with Gasteiger partial charge >= 0.3 is 0 Å². The van der Waals surface area contributed by atoms with Crippen LogP contribution in [0.3, 0.4) is 0 Å². The van der Waals surface area contributed by atoms with Gasteiger partial charge in [-0.15, -0.1) is 0 Å². The molecule has 2 amide bonds. The van der Waals surface area contributed by atoms with Crippen molar-refractivity contribution in [3.8, 4) is 0 Å². The van der Waals surface area contributed by atoms with E-state index in [1.807, 2.05) is 6.92 Å². The fourth-order valence-electron chi connectivity index (χ4n) is 1.30. The molecule has 3 atom stereocenters. The predicted octanol–water partition coefficient (Wildman–Crippen LogP) is -0.635. The van der Waals surface area contributed by atoms with Crippen LogP contribution in [0.4, 0.5) is 0 Å². The Bertz CT molecular complexity index is 255. The Hall–Kier alpha value is -1.10. The standard InChI is InChI=1S/C10H19N3O2/c1-3-4-12-9(14)6(2)13-10(15)7-5-8(7)11/h6-8H,3-5,11H2,1-2H3,(H,12,14)(H,13,15). The summed E-state index contributed by atoms with van der Waals surface area (Å²) in [5.41, 5.74) is 5.54. The lowest BCUT2D eigenvalue weighted by atomic mass is 10.2. The number of hydrogen-bond donors (Lipinski definition) is 3. The van der Waals surface area contributed by atoms with Gasteiger partial charge in [0, 0.05) is 12.6 Å². The Kier molecular flexibility index (Phi) is 4.08. The minimum Gasteiger partial charge on any atom is -0.354 e. The lowest BCUT2D eigenvalue weighted by Gasteiger charge is -2.13. The quantitative estimate of drug-likeness (QED) is 0.568. The Balaban J connectivity index is 2.25. The van der Waals surface area contributed by atoms with Gasteiger partial charge in [0.15, 0.2) is 0 Å². The molecule has 0 radical (unpaired) electrons. The second-order valence-corrected chi connectivity index (χ2v) is 4.03. The maximum atomic E-state index is 11.4. The molecule has 1 saturated carbocycles. The molecule has 1 fully saturated rings. The van der Waals surface area contributed by atoms with Gasteiger partial charge in [-0.2, -0.15) is 0 Å². The summed E-state index contributed by atoms with van der Waals surface area (Å²) in [6.45, 7) is 4.30. The third-order valence-corrected chi connectivity index (χ3v) is 2.48. The molecule has 0 heterocycles. The number of amides is 2. The molecule has 0 saturated heterocycles. The van der Waals surface area contributed by atoms with Gasteiger partial charge in [-0.25, -0.2) is 0 Å². The topological polar surface area (TPSA) is 84.2 Å². The maximum Gasteiger partial charge on any atom is 0.242 e. The van der Waals surface area contributed by atoms with E-state index in [1.54, 1.807) is 6.92 Å². The number of carbonyl (C=O) groups excluding carboxylic acids is 2. The molecule has 4 N–H and O–H groups in total. The average Bonchev–Trinajstić information content (AvgIpc) is 2.91. The molecule has 86 valence electrons. The zero-order chi connectivity index (χ0) is 11.4. The van der Waals surface area contributed by atoms with E-state index in [4.69, 9.17) is 5.73 Å². The Morgan fingerprint density at radius 2 is 2.13 bits per heavy atom.